The molecule has 1 fully saturated rings. The van der Waals surface area contributed by atoms with Crippen molar-refractivity contribution in [3.63, 3.8) is 0 Å². The van der Waals surface area contributed by atoms with Gasteiger partial charge in [0.1, 0.15) is 5.84 Å². The van der Waals surface area contributed by atoms with E-state index in [1.165, 1.54) is 10.4 Å². The van der Waals surface area contributed by atoms with Gasteiger partial charge in [0.25, 0.3) is 8.32 Å². The number of hydrogen-bond acceptors (Lipinski definition) is 5. The van der Waals surface area contributed by atoms with Gasteiger partial charge in [0.05, 0.1) is 31.9 Å². The molecule has 2 heterocycles. The van der Waals surface area contributed by atoms with E-state index in [1.807, 2.05) is 18.2 Å². The number of amidine groups is 1. The molecule has 2 aliphatic heterocycles. The maximum absolute atomic E-state index is 13.4. The molecule has 230 valence electrons. The number of ether oxygens (including phenoxy) is 2. The largest absolute Gasteiger partial charge is 0.493 e. The van der Waals surface area contributed by atoms with Crippen LogP contribution >= 0.6 is 0 Å². The number of hydrogen-bond donors (Lipinski definition) is 0. The lowest BCUT2D eigenvalue weighted by Crippen LogP contribution is -2.66. The van der Waals surface area contributed by atoms with E-state index >= 15 is 0 Å². The predicted octanol–water partition coefficient (Wildman–Crippen LogP) is 6.70. The summed E-state index contributed by atoms with van der Waals surface area (Å²) in [4.78, 5) is 20.0. The van der Waals surface area contributed by atoms with Crippen LogP contribution in [0.3, 0.4) is 0 Å². The highest BCUT2D eigenvalue weighted by molar-refractivity contribution is 6.99. The van der Waals surface area contributed by atoms with Crippen LogP contribution in [0.4, 0.5) is 5.69 Å². The summed E-state index contributed by atoms with van der Waals surface area (Å²) in [6.45, 7) is 8.13. The van der Waals surface area contributed by atoms with Gasteiger partial charge in [0, 0.05) is 19.1 Å². The van der Waals surface area contributed by atoms with Gasteiger partial charge in [-0.2, -0.15) is 0 Å². The molecule has 7 heteroatoms. The van der Waals surface area contributed by atoms with Gasteiger partial charge in [-0.1, -0.05) is 106 Å². The first-order chi connectivity index (χ1) is 21.3. The van der Waals surface area contributed by atoms with Crippen LogP contribution < -0.4 is 24.7 Å². The molecular formula is C37H44N2O4Si. The Balaban J connectivity index is 1.26. The number of dihydropyridines is 1. The van der Waals surface area contributed by atoms with Crippen LogP contribution in [0.15, 0.2) is 108 Å². The highest BCUT2D eigenvalue weighted by atomic mass is 28.4. The second kappa shape index (κ2) is 13.4. The third kappa shape index (κ3) is 6.03. The summed E-state index contributed by atoms with van der Waals surface area (Å²) in [7, 11) is 0.665. The molecule has 3 aromatic carbocycles. The highest BCUT2D eigenvalue weighted by Crippen LogP contribution is 2.45. The monoisotopic (exact) mass is 608 g/mol. The fourth-order valence-corrected chi connectivity index (χ4v) is 11.3. The van der Waals surface area contributed by atoms with Gasteiger partial charge in [-0.25, -0.2) is 0 Å². The van der Waals surface area contributed by atoms with E-state index in [4.69, 9.17) is 18.9 Å². The quantitative estimate of drug-likeness (QED) is 0.131. The molecule has 0 radical (unpaired) electrons. The normalized spacial score (nSPS) is 18.4. The molecule has 0 spiro atoms. The summed E-state index contributed by atoms with van der Waals surface area (Å²) in [5.74, 6) is 2.08. The topological polar surface area (TPSA) is 60.4 Å². The summed E-state index contributed by atoms with van der Waals surface area (Å²) in [6, 6.07) is 27.1. The van der Waals surface area contributed by atoms with Crippen molar-refractivity contribution in [2.24, 2.45) is 10.4 Å². The minimum absolute atomic E-state index is 0.0452. The number of rotatable bonds is 12. The van der Waals surface area contributed by atoms with Gasteiger partial charge in [-0.15, -0.1) is 0 Å². The van der Waals surface area contributed by atoms with E-state index in [-0.39, 0.29) is 10.9 Å². The van der Waals surface area contributed by atoms with E-state index in [1.54, 1.807) is 19.1 Å². The maximum atomic E-state index is 13.4. The van der Waals surface area contributed by atoms with E-state index in [0.717, 1.165) is 30.8 Å². The second-order valence-electron chi connectivity index (χ2n) is 12.5. The Labute approximate surface area is 263 Å². The van der Waals surface area contributed by atoms with E-state index in [9.17, 15) is 4.79 Å². The minimum Gasteiger partial charge on any atom is -0.493 e. The van der Waals surface area contributed by atoms with Gasteiger partial charge in [-0.05, 0) is 46.8 Å². The van der Waals surface area contributed by atoms with Crippen molar-refractivity contribution in [3.05, 3.63) is 103 Å². The number of aliphatic imine (C=N–C) groups is 1. The zero-order valence-electron chi connectivity index (χ0n) is 26.6. The molecule has 0 bridgehead atoms. The first kappa shape index (κ1) is 31.5. The molecule has 0 aromatic heterocycles. The van der Waals surface area contributed by atoms with Gasteiger partial charge in [0.15, 0.2) is 11.5 Å². The average molecular weight is 609 g/mol. The Bertz CT molecular complexity index is 1490. The van der Waals surface area contributed by atoms with E-state index in [2.05, 4.69) is 106 Å². The summed E-state index contributed by atoms with van der Waals surface area (Å²) >= 11 is 0. The van der Waals surface area contributed by atoms with Crippen molar-refractivity contribution in [1.82, 2.24) is 0 Å². The number of carbonyl (C=O) groups is 1. The summed E-state index contributed by atoms with van der Waals surface area (Å²) < 4.78 is 17.9. The first-order valence-electron chi connectivity index (χ1n) is 15.4. The molecule has 1 amide bonds. The molecule has 0 unspecified atom stereocenters. The summed E-state index contributed by atoms with van der Waals surface area (Å²) in [6.07, 6.45) is 11.6. The fourth-order valence-electron chi connectivity index (χ4n) is 6.68. The number of allylic oxidation sites excluding steroid dienone is 1. The molecule has 0 saturated carbocycles. The summed E-state index contributed by atoms with van der Waals surface area (Å²) in [5.41, 5.74) is 0.345. The number of benzene rings is 3. The van der Waals surface area contributed by atoms with Crippen molar-refractivity contribution < 1.29 is 18.7 Å². The molecule has 5 rings (SSSR count). The molecule has 0 N–H and O–H groups in total. The van der Waals surface area contributed by atoms with Gasteiger partial charge >= 0.3 is 0 Å². The smallest absolute Gasteiger partial charge is 0.261 e. The zero-order chi connectivity index (χ0) is 31.2. The van der Waals surface area contributed by atoms with Crippen molar-refractivity contribution in [2.75, 3.05) is 32.3 Å². The van der Waals surface area contributed by atoms with Crippen LogP contribution in [0, 0.1) is 5.41 Å². The standard InChI is InChI=1S/C37H44N2O4Si/c1-36(2,3)44(30-17-10-8-11-18-30,31-19-12-9-13-20-31)43-26-15-7-6-14-23-37-24-16-25-38-35(37)39(34(40)28-37)29-21-22-32(41-4)33(27-29)42-5/h6-13,16-22,24,27H,14-15,23,25-26,28H2,1-5H3/b7-6+/t37-/m0/s1. The Morgan fingerprint density at radius 1 is 0.886 bits per heavy atom. The van der Waals surface area contributed by atoms with Crippen LogP contribution in [-0.4, -0.2) is 47.4 Å². The lowest BCUT2D eigenvalue weighted by molar-refractivity contribution is -0.117. The molecule has 0 aliphatic carbocycles. The second-order valence-corrected chi connectivity index (χ2v) is 16.8. The van der Waals surface area contributed by atoms with Gasteiger partial charge in [-0.3, -0.25) is 14.7 Å². The Morgan fingerprint density at radius 2 is 1.52 bits per heavy atom. The van der Waals surface area contributed by atoms with Crippen molar-refractivity contribution in [3.8, 4) is 11.5 Å². The molecule has 1 saturated heterocycles. The van der Waals surface area contributed by atoms with Crippen LogP contribution in [0.5, 0.6) is 11.5 Å². The third-order valence-electron chi connectivity index (χ3n) is 8.73. The van der Waals surface area contributed by atoms with Crippen LogP contribution in [0.1, 0.15) is 46.5 Å². The number of nitrogens with zero attached hydrogens (tertiary/aromatic N) is 2. The number of carbonyl (C=O) groups excluding carboxylic acids is 1. The third-order valence-corrected chi connectivity index (χ3v) is 13.8. The predicted molar refractivity (Wildman–Crippen MR) is 182 cm³/mol. The Morgan fingerprint density at radius 3 is 2.14 bits per heavy atom. The molecule has 44 heavy (non-hydrogen) atoms. The lowest BCUT2D eigenvalue weighted by atomic mass is 9.79. The highest BCUT2D eigenvalue weighted by Gasteiger charge is 2.50. The van der Waals surface area contributed by atoms with Gasteiger partial charge in [0.2, 0.25) is 5.91 Å². The average Bonchev–Trinajstić information content (AvgIpc) is 3.34. The van der Waals surface area contributed by atoms with Gasteiger partial charge < -0.3 is 13.9 Å². The molecule has 6 nitrogen and oxygen atoms in total. The SMILES string of the molecule is COc1ccc(N2C(=O)C[C@]3(CC/C=C/CCO[Si](c4ccccc4)(c4ccccc4)C(C)(C)C)C=CCN=C23)cc1OC. The number of anilines is 1. The van der Waals surface area contributed by atoms with Crippen molar-refractivity contribution in [1.29, 1.82) is 0 Å². The van der Waals surface area contributed by atoms with Crippen LogP contribution in [-0.2, 0) is 9.22 Å². The fraction of sp³-hybridized carbons (Fsp3) is 0.351. The Kier molecular flexibility index (Phi) is 9.56. The zero-order valence-corrected chi connectivity index (χ0v) is 27.6. The van der Waals surface area contributed by atoms with E-state index < -0.39 is 13.7 Å². The number of methoxy groups -OCH3 is 2. The summed E-state index contributed by atoms with van der Waals surface area (Å²) in [5, 5.41) is 2.54. The van der Waals surface area contributed by atoms with Crippen LogP contribution in [0.25, 0.3) is 0 Å². The Hall–Kier alpha value is -3.94. The number of amides is 1. The molecule has 2 aliphatic rings. The number of fused-ring (bicyclic) bond motifs is 1. The van der Waals surface area contributed by atoms with E-state index in [0.29, 0.717) is 31.1 Å². The van der Waals surface area contributed by atoms with Crippen molar-refractivity contribution >= 4 is 36.1 Å². The lowest BCUT2D eigenvalue weighted by Gasteiger charge is -2.43. The molecular weight excluding hydrogens is 565 g/mol. The minimum atomic E-state index is -2.54. The van der Waals surface area contributed by atoms with Crippen molar-refractivity contribution in [2.45, 2.75) is 51.5 Å². The maximum Gasteiger partial charge on any atom is 0.261 e. The molecule has 3 aromatic rings. The molecule has 1 atom stereocenters. The first-order valence-corrected chi connectivity index (χ1v) is 17.3. The van der Waals surface area contributed by atoms with Crippen LogP contribution in [0.2, 0.25) is 5.04 Å².